The van der Waals surface area contributed by atoms with E-state index in [-0.39, 0.29) is 0 Å². The number of pyridine rings is 1. The minimum atomic E-state index is 0.603. The van der Waals surface area contributed by atoms with Gasteiger partial charge in [-0.1, -0.05) is 31.4 Å². The fourth-order valence-corrected chi connectivity index (χ4v) is 2.79. The maximum Gasteiger partial charge on any atom is 0.0951 e. The zero-order valence-corrected chi connectivity index (χ0v) is 10.5. The van der Waals surface area contributed by atoms with Crippen molar-refractivity contribution in [2.45, 2.75) is 38.1 Å². The summed E-state index contributed by atoms with van der Waals surface area (Å²) in [7, 11) is 0. The van der Waals surface area contributed by atoms with E-state index in [0.717, 1.165) is 16.6 Å². The van der Waals surface area contributed by atoms with E-state index in [1.807, 2.05) is 18.3 Å². The summed E-state index contributed by atoms with van der Waals surface area (Å²) in [6, 6.07) is 8.64. The van der Waals surface area contributed by atoms with Gasteiger partial charge < -0.3 is 11.1 Å². The molecule has 3 rings (SSSR count). The lowest BCUT2D eigenvalue weighted by atomic mass is 9.95. The third-order valence-electron chi connectivity index (χ3n) is 3.77. The Morgan fingerprint density at radius 3 is 2.78 bits per heavy atom. The number of nitrogens with zero attached hydrogens (tertiary/aromatic N) is 1. The van der Waals surface area contributed by atoms with E-state index in [0.29, 0.717) is 6.04 Å². The highest BCUT2D eigenvalue weighted by molar-refractivity contribution is 5.97. The van der Waals surface area contributed by atoms with Gasteiger partial charge in [0.05, 0.1) is 11.2 Å². The average molecular weight is 241 g/mol. The summed E-state index contributed by atoms with van der Waals surface area (Å²) in [6.45, 7) is 0. The van der Waals surface area contributed by atoms with Crippen molar-refractivity contribution < 1.29 is 0 Å². The van der Waals surface area contributed by atoms with Gasteiger partial charge in [0.25, 0.3) is 0 Å². The van der Waals surface area contributed by atoms with Gasteiger partial charge in [-0.2, -0.15) is 0 Å². The van der Waals surface area contributed by atoms with Crippen LogP contribution >= 0.6 is 0 Å². The van der Waals surface area contributed by atoms with Crippen LogP contribution in [0.15, 0.2) is 30.5 Å². The van der Waals surface area contributed by atoms with Crippen LogP contribution in [0, 0.1) is 0 Å². The van der Waals surface area contributed by atoms with Gasteiger partial charge in [-0.3, -0.25) is 4.98 Å². The molecule has 1 aromatic heterocycles. The molecule has 0 saturated heterocycles. The van der Waals surface area contributed by atoms with E-state index in [9.17, 15) is 0 Å². The molecule has 3 nitrogen and oxygen atoms in total. The predicted octanol–water partition coefficient (Wildman–Crippen LogP) is 3.56. The predicted molar refractivity (Wildman–Crippen MR) is 76.7 cm³/mol. The van der Waals surface area contributed by atoms with Crippen LogP contribution in [0.3, 0.4) is 0 Å². The summed E-state index contributed by atoms with van der Waals surface area (Å²) in [6.07, 6.45) is 8.43. The number of aromatic nitrogens is 1. The second-order valence-electron chi connectivity index (χ2n) is 5.08. The first-order chi connectivity index (χ1) is 8.84. The number of hydrogen-bond donors (Lipinski definition) is 2. The number of rotatable bonds is 2. The quantitative estimate of drug-likeness (QED) is 0.790. The minimum Gasteiger partial charge on any atom is -0.397 e. The molecule has 0 bridgehead atoms. The largest absolute Gasteiger partial charge is 0.397 e. The molecule has 1 saturated carbocycles. The van der Waals surface area contributed by atoms with Gasteiger partial charge in [-0.05, 0) is 25.0 Å². The molecule has 1 aliphatic rings. The molecule has 0 radical (unpaired) electrons. The van der Waals surface area contributed by atoms with Gasteiger partial charge in [0.2, 0.25) is 0 Å². The van der Waals surface area contributed by atoms with Crippen molar-refractivity contribution in [3.63, 3.8) is 0 Å². The first-order valence-electron chi connectivity index (χ1n) is 6.74. The molecule has 0 spiro atoms. The number of para-hydroxylation sites is 1. The molecule has 18 heavy (non-hydrogen) atoms. The van der Waals surface area contributed by atoms with Crippen molar-refractivity contribution >= 4 is 22.3 Å². The molecule has 0 amide bonds. The Morgan fingerprint density at radius 2 is 1.94 bits per heavy atom. The molecule has 0 aliphatic heterocycles. The molecule has 3 heteroatoms. The monoisotopic (exact) mass is 241 g/mol. The Hall–Kier alpha value is -1.77. The maximum absolute atomic E-state index is 5.97. The highest BCUT2D eigenvalue weighted by Crippen LogP contribution is 2.28. The number of nitrogen functional groups attached to an aromatic ring is 1. The summed E-state index contributed by atoms with van der Waals surface area (Å²) >= 11 is 0. The first kappa shape index (κ1) is 11.3. The van der Waals surface area contributed by atoms with Gasteiger partial charge in [-0.25, -0.2) is 0 Å². The molecule has 1 aromatic carbocycles. The van der Waals surface area contributed by atoms with Gasteiger partial charge >= 0.3 is 0 Å². The normalized spacial score (nSPS) is 16.9. The van der Waals surface area contributed by atoms with Gasteiger partial charge in [-0.15, -0.1) is 0 Å². The van der Waals surface area contributed by atoms with Crippen molar-refractivity contribution in [1.29, 1.82) is 0 Å². The lowest BCUT2D eigenvalue weighted by molar-refractivity contribution is 0.463. The highest BCUT2D eigenvalue weighted by Gasteiger charge is 2.14. The van der Waals surface area contributed by atoms with Gasteiger partial charge in [0.1, 0.15) is 0 Å². The molecule has 0 atom stereocenters. The third-order valence-corrected chi connectivity index (χ3v) is 3.77. The second kappa shape index (κ2) is 4.84. The summed E-state index contributed by atoms with van der Waals surface area (Å²) in [5.74, 6) is 0. The van der Waals surface area contributed by atoms with Crippen molar-refractivity contribution in [3.05, 3.63) is 30.5 Å². The zero-order chi connectivity index (χ0) is 12.4. The number of hydrogen-bond acceptors (Lipinski definition) is 3. The molecule has 0 unspecified atom stereocenters. The fraction of sp³-hybridized carbons (Fsp3) is 0.400. The van der Waals surface area contributed by atoms with Crippen LogP contribution in [0.1, 0.15) is 32.1 Å². The topological polar surface area (TPSA) is 50.9 Å². The Bertz CT molecular complexity index is 544. The van der Waals surface area contributed by atoms with E-state index in [1.54, 1.807) is 0 Å². The zero-order valence-electron chi connectivity index (χ0n) is 10.5. The smallest absolute Gasteiger partial charge is 0.0951 e. The van der Waals surface area contributed by atoms with Crippen molar-refractivity contribution in [2.24, 2.45) is 0 Å². The molecule has 94 valence electrons. The Labute approximate surface area is 107 Å². The van der Waals surface area contributed by atoms with Crippen molar-refractivity contribution in [3.8, 4) is 0 Å². The minimum absolute atomic E-state index is 0.603. The SMILES string of the molecule is Nc1cccc2c(NC3CCCCC3)ccnc12. The van der Waals surface area contributed by atoms with Crippen LogP contribution < -0.4 is 11.1 Å². The van der Waals surface area contributed by atoms with Crippen molar-refractivity contribution in [1.82, 2.24) is 4.98 Å². The summed E-state index contributed by atoms with van der Waals surface area (Å²) in [5, 5.41) is 4.78. The van der Waals surface area contributed by atoms with E-state index in [4.69, 9.17) is 5.73 Å². The fourth-order valence-electron chi connectivity index (χ4n) is 2.79. The van der Waals surface area contributed by atoms with E-state index < -0.39 is 0 Å². The second-order valence-corrected chi connectivity index (χ2v) is 5.08. The number of anilines is 2. The van der Waals surface area contributed by atoms with Crippen molar-refractivity contribution in [2.75, 3.05) is 11.1 Å². The van der Waals surface area contributed by atoms with Crippen LogP contribution in [0.2, 0.25) is 0 Å². The van der Waals surface area contributed by atoms with Crippen LogP contribution in [0.4, 0.5) is 11.4 Å². The van der Waals surface area contributed by atoms with E-state index in [2.05, 4.69) is 22.4 Å². The molecule has 1 heterocycles. The first-order valence-corrected chi connectivity index (χ1v) is 6.74. The molecule has 1 fully saturated rings. The van der Waals surface area contributed by atoms with Gasteiger partial charge in [0.15, 0.2) is 0 Å². The summed E-state index contributed by atoms with van der Waals surface area (Å²) in [5.41, 5.74) is 8.78. The Kier molecular flexibility index (Phi) is 3.05. The Morgan fingerprint density at radius 1 is 1.11 bits per heavy atom. The molecule has 2 aromatic rings. The standard InChI is InChI=1S/C15H19N3/c16-13-8-4-7-12-14(9-10-17-15(12)13)18-11-5-2-1-3-6-11/h4,7-11H,1-3,5-6,16H2,(H,17,18). The highest BCUT2D eigenvalue weighted by atomic mass is 14.9. The van der Waals surface area contributed by atoms with Crippen LogP contribution in [-0.4, -0.2) is 11.0 Å². The van der Waals surface area contributed by atoms with Crippen LogP contribution in [0.5, 0.6) is 0 Å². The van der Waals surface area contributed by atoms with Crippen LogP contribution in [0.25, 0.3) is 10.9 Å². The van der Waals surface area contributed by atoms with Crippen LogP contribution in [-0.2, 0) is 0 Å². The molecule has 1 aliphatic carbocycles. The number of nitrogens with two attached hydrogens (primary N) is 1. The third kappa shape index (κ3) is 2.13. The van der Waals surface area contributed by atoms with E-state index in [1.165, 1.54) is 37.8 Å². The molecular weight excluding hydrogens is 222 g/mol. The average Bonchev–Trinajstić information content (AvgIpc) is 2.41. The maximum atomic E-state index is 5.97. The van der Waals surface area contributed by atoms with Gasteiger partial charge in [0, 0.05) is 23.3 Å². The number of benzene rings is 1. The summed E-state index contributed by atoms with van der Waals surface area (Å²) in [4.78, 5) is 4.37. The lowest BCUT2D eigenvalue weighted by Crippen LogP contribution is -2.22. The number of fused-ring (bicyclic) bond motifs is 1. The molecular formula is C15H19N3. The lowest BCUT2D eigenvalue weighted by Gasteiger charge is -2.24. The summed E-state index contributed by atoms with van der Waals surface area (Å²) < 4.78 is 0. The number of nitrogens with one attached hydrogen (secondary N) is 1. The molecule has 3 N–H and O–H groups in total. The van der Waals surface area contributed by atoms with E-state index >= 15 is 0 Å². The Balaban J connectivity index is 1.93.